The maximum absolute atomic E-state index is 12.0. The predicted octanol–water partition coefficient (Wildman–Crippen LogP) is 1.96. The molecule has 0 aromatic carbocycles. The van der Waals surface area contributed by atoms with Crippen LogP contribution in [0.3, 0.4) is 0 Å². The SMILES string of the molecule is Cc1cc(C(=O)CSC2COC2)c(C)n1C. The molecular formula is C12H17NO2S. The molecule has 0 saturated carbocycles. The zero-order chi connectivity index (χ0) is 11.7. The van der Waals surface area contributed by atoms with Crippen molar-refractivity contribution in [1.82, 2.24) is 4.57 Å². The number of aromatic nitrogens is 1. The average Bonchev–Trinajstić information content (AvgIpc) is 2.43. The van der Waals surface area contributed by atoms with Crippen molar-refractivity contribution in [3.05, 3.63) is 23.0 Å². The molecule has 1 aliphatic heterocycles. The van der Waals surface area contributed by atoms with E-state index < -0.39 is 0 Å². The van der Waals surface area contributed by atoms with Crippen molar-refractivity contribution in [2.75, 3.05) is 19.0 Å². The molecule has 2 heterocycles. The number of hydrogen-bond donors (Lipinski definition) is 0. The zero-order valence-corrected chi connectivity index (χ0v) is 10.8. The first-order chi connectivity index (χ1) is 7.59. The van der Waals surface area contributed by atoms with E-state index in [9.17, 15) is 4.79 Å². The molecular weight excluding hydrogens is 222 g/mol. The molecule has 1 aliphatic rings. The van der Waals surface area contributed by atoms with E-state index in [2.05, 4.69) is 4.57 Å². The summed E-state index contributed by atoms with van der Waals surface area (Å²) in [5, 5.41) is 0.522. The Labute approximate surface area is 100 Å². The van der Waals surface area contributed by atoms with Crippen LogP contribution >= 0.6 is 11.8 Å². The normalized spacial score (nSPS) is 16.2. The van der Waals surface area contributed by atoms with E-state index in [0.29, 0.717) is 11.0 Å². The van der Waals surface area contributed by atoms with Crippen LogP contribution < -0.4 is 0 Å². The fourth-order valence-corrected chi connectivity index (χ4v) is 2.65. The van der Waals surface area contributed by atoms with Crippen molar-refractivity contribution < 1.29 is 9.53 Å². The summed E-state index contributed by atoms with van der Waals surface area (Å²) in [5.41, 5.74) is 3.07. The van der Waals surface area contributed by atoms with Crippen LogP contribution in [0.15, 0.2) is 6.07 Å². The molecule has 1 fully saturated rings. The standard InChI is InChI=1S/C12H17NO2S/c1-8-4-11(9(2)13(8)3)12(14)7-16-10-5-15-6-10/h4,10H,5-7H2,1-3H3. The van der Waals surface area contributed by atoms with E-state index in [0.717, 1.165) is 30.2 Å². The Kier molecular flexibility index (Phi) is 3.40. The van der Waals surface area contributed by atoms with E-state index in [1.807, 2.05) is 27.0 Å². The molecule has 0 radical (unpaired) electrons. The number of nitrogens with zero attached hydrogens (tertiary/aromatic N) is 1. The molecule has 2 rings (SSSR count). The van der Waals surface area contributed by atoms with Gasteiger partial charge in [0.05, 0.1) is 24.2 Å². The third-order valence-corrected chi connectivity index (χ3v) is 4.31. The largest absolute Gasteiger partial charge is 0.379 e. The van der Waals surface area contributed by atoms with Gasteiger partial charge < -0.3 is 9.30 Å². The summed E-state index contributed by atoms with van der Waals surface area (Å²) in [5.74, 6) is 0.802. The molecule has 0 unspecified atom stereocenters. The van der Waals surface area contributed by atoms with E-state index in [-0.39, 0.29) is 5.78 Å². The summed E-state index contributed by atoms with van der Waals surface area (Å²) in [6.45, 7) is 5.61. The summed E-state index contributed by atoms with van der Waals surface area (Å²) in [6.07, 6.45) is 0. The van der Waals surface area contributed by atoms with Gasteiger partial charge in [0, 0.05) is 24.0 Å². The molecule has 0 N–H and O–H groups in total. The van der Waals surface area contributed by atoms with Crippen molar-refractivity contribution in [3.8, 4) is 0 Å². The van der Waals surface area contributed by atoms with Gasteiger partial charge >= 0.3 is 0 Å². The Morgan fingerprint density at radius 3 is 2.69 bits per heavy atom. The Bertz CT molecular complexity index is 407. The molecule has 3 nitrogen and oxygen atoms in total. The van der Waals surface area contributed by atoms with Gasteiger partial charge in [0.15, 0.2) is 5.78 Å². The highest BCUT2D eigenvalue weighted by Crippen LogP contribution is 2.22. The molecule has 0 amide bonds. The second kappa shape index (κ2) is 4.63. The molecule has 0 spiro atoms. The summed E-state index contributed by atoms with van der Waals surface area (Å²) in [7, 11) is 1.99. The van der Waals surface area contributed by atoms with Crippen LogP contribution in [0.4, 0.5) is 0 Å². The quantitative estimate of drug-likeness (QED) is 0.753. The first-order valence-electron chi connectivity index (χ1n) is 5.45. The highest BCUT2D eigenvalue weighted by atomic mass is 32.2. The maximum Gasteiger partial charge on any atom is 0.174 e. The number of thioether (sulfide) groups is 1. The molecule has 16 heavy (non-hydrogen) atoms. The third kappa shape index (κ3) is 2.18. The molecule has 1 aromatic heterocycles. The molecule has 0 aliphatic carbocycles. The maximum atomic E-state index is 12.0. The monoisotopic (exact) mass is 239 g/mol. The topological polar surface area (TPSA) is 31.2 Å². The first-order valence-corrected chi connectivity index (χ1v) is 6.50. The van der Waals surface area contributed by atoms with Gasteiger partial charge in [-0.25, -0.2) is 0 Å². The molecule has 88 valence electrons. The summed E-state index contributed by atoms with van der Waals surface area (Å²) in [6, 6.07) is 1.98. The van der Waals surface area contributed by atoms with Crippen LogP contribution in [-0.2, 0) is 11.8 Å². The highest BCUT2D eigenvalue weighted by Gasteiger charge is 2.21. The number of ketones is 1. The van der Waals surface area contributed by atoms with Crippen molar-refractivity contribution in [2.45, 2.75) is 19.1 Å². The van der Waals surface area contributed by atoms with Crippen LogP contribution in [0.1, 0.15) is 21.7 Å². The lowest BCUT2D eigenvalue weighted by atomic mass is 10.2. The van der Waals surface area contributed by atoms with Gasteiger partial charge in [-0.15, -0.1) is 11.8 Å². The zero-order valence-electron chi connectivity index (χ0n) is 9.95. The number of Topliss-reactive ketones (excluding diaryl/α,β-unsaturated/α-hetero) is 1. The summed E-state index contributed by atoms with van der Waals surface area (Å²) >= 11 is 1.71. The summed E-state index contributed by atoms with van der Waals surface area (Å²) in [4.78, 5) is 12.0. The van der Waals surface area contributed by atoms with E-state index in [4.69, 9.17) is 4.74 Å². The minimum atomic E-state index is 0.234. The second-order valence-electron chi connectivity index (χ2n) is 4.24. The van der Waals surface area contributed by atoms with Gasteiger partial charge in [0.25, 0.3) is 0 Å². The minimum Gasteiger partial charge on any atom is -0.379 e. The number of hydrogen-bond acceptors (Lipinski definition) is 3. The number of rotatable bonds is 4. The number of carbonyl (C=O) groups excluding carboxylic acids is 1. The number of carbonyl (C=O) groups is 1. The average molecular weight is 239 g/mol. The molecule has 1 aromatic rings. The molecule has 0 atom stereocenters. The predicted molar refractivity (Wildman–Crippen MR) is 66.3 cm³/mol. The Balaban J connectivity index is 1.99. The lowest BCUT2D eigenvalue weighted by Crippen LogP contribution is -2.31. The van der Waals surface area contributed by atoms with Gasteiger partial charge in [-0.1, -0.05) is 0 Å². The lowest BCUT2D eigenvalue weighted by Gasteiger charge is -2.24. The van der Waals surface area contributed by atoms with Gasteiger partial charge in [-0.05, 0) is 19.9 Å². The van der Waals surface area contributed by atoms with E-state index >= 15 is 0 Å². The van der Waals surface area contributed by atoms with Crippen LogP contribution in [0, 0.1) is 13.8 Å². The van der Waals surface area contributed by atoms with Crippen molar-refractivity contribution >= 4 is 17.5 Å². The highest BCUT2D eigenvalue weighted by molar-refractivity contribution is 8.00. The van der Waals surface area contributed by atoms with Crippen molar-refractivity contribution in [1.29, 1.82) is 0 Å². The number of aryl methyl sites for hydroxylation is 1. The molecule has 4 heteroatoms. The molecule has 1 saturated heterocycles. The van der Waals surface area contributed by atoms with Crippen molar-refractivity contribution in [3.63, 3.8) is 0 Å². The van der Waals surface area contributed by atoms with Crippen LogP contribution in [0.5, 0.6) is 0 Å². The van der Waals surface area contributed by atoms with Gasteiger partial charge in [-0.2, -0.15) is 0 Å². The smallest absolute Gasteiger partial charge is 0.174 e. The Morgan fingerprint density at radius 1 is 1.56 bits per heavy atom. The van der Waals surface area contributed by atoms with Crippen LogP contribution in [-0.4, -0.2) is 34.6 Å². The second-order valence-corrected chi connectivity index (χ2v) is 5.53. The first kappa shape index (κ1) is 11.7. The van der Waals surface area contributed by atoms with Crippen LogP contribution in [0.25, 0.3) is 0 Å². The Hall–Kier alpha value is -0.740. The minimum absolute atomic E-state index is 0.234. The third-order valence-electron chi connectivity index (χ3n) is 3.13. The van der Waals surface area contributed by atoms with Gasteiger partial charge in [-0.3, -0.25) is 4.79 Å². The van der Waals surface area contributed by atoms with Crippen LogP contribution in [0.2, 0.25) is 0 Å². The van der Waals surface area contributed by atoms with Gasteiger partial charge in [0.2, 0.25) is 0 Å². The number of ether oxygens (including phenoxy) is 1. The van der Waals surface area contributed by atoms with Crippen molar-refractivity contribution in [2.24, 2.45) is 7.05 Å². The summed E-state index contributed by atoms with van der Waals surface area (Å²) < 4.78 is 7.14. The Morgan fingerprint density at radius 2 is 2.25 bits per heavy atom. The van der Waals surface area contributed by atoms with E-state index in [1.165, 1.54) is 0 Å². The fraction of sp³-hybridized carbons (Fsp3) is 0.583. The fourth-order valence-electron chi connectivity index (χ4n) is 1.72. The van der Waals surface area contributed by atoms with Gasteiger partial charge in [0.1, 0.15) is 0 Å². The molecule has 0 bridgehead atoms. The lowest BCUT2D eigenvalue weighted by molar-refractivity contribution is 0.0455. The van der Waals surface area contributed by atoms with E-state index in [1.54, 1.807) is 11.8 Å².